The van der Waals surface area contributed by atoms with Gasteiger partial charge >= 0.3 is 0 Å². The van der Waals surface area contributed by atoms with E-state index in [2.05, 4.69) is 25.0 Å². The van der Waals surface area contributed by atoms with Crippen LogP contribution >= 0.6 is 0 Å². The highest BCUT2D eigenvalue weighted by Crippen LogP contribution is 2.61. The quantitative estimate of drug-likeness (QED) is 0.713. The third kappa shape index (κ3) is 1.72. The molecule has 22 heavy (non-hydrogen) atoms. The lowest BCUT2D eigenvalue weighted by Crippen LogP contribution is -2.42. The van der Waals surface area contributed by atoms with Crippen LogP contribution in [-0.2, 0) is 0 Å². The molecule has 0 amide bonds. The zero-order valence-electron chi connectivity index (χ0n) is 13.0. The first-order chi connectivity index (χ1) is 10.5. The topological polar surface area (TPSA) is 46.2 Å². The Kier molecular flexibility index (Phi) is 2.93. The lowest BCUT2D eigenvalue weighted by atomic mass is 9.54. The van der Waals surface area contributed by atoms with Gasteiger partial charge in [0.2, 0.25) is 0 Å². The monoisotopic (exact) mass is 293 g/mol. The van der Waals surface area contributed by atoms with Gasteiger partial charge in [-0.1, -0.05) is 25.0 Å². The molecule has 0 bridgehead atoms. The van der Waals surface area contributed by atoms with Crippen molar-refractivity contribution in [1.29, 1.82) is 0 Å². The SMILES string of the molecule is C#CC1=CCC2C3C[C@@H](N)c4cc(O)ccc4C3CCC12C. The third-order valence-corrected chi connectivity index (χ3v) is 6.57. The first kappa shape index (κ1) is 13.9. The van der Waals surface area contributed by atoms with Gasteiger partial charge in [-0.15, -0.1) is 6.42 Å². The van der Waals surface area contributed by atoms with Crippen LogP contribution in [0.25, 0.3) is 0 Å². The van der Waals surface area contributed by atoms with E-state index in [1.807, 2.05) is 12.1 Å². The molecule has 0 aromatic heterocycles. The number of rotatable bonds is 0. The number of hydrogen-bond donors (Lipinski definition) is 2. The average Bonchev–Trinajstić information content (AvgIpc) is 2.84. The molecule has 1 saturated carbocycles. The molecule has 114 valence electrons. The fourth-order valence-electron chi connectivity index (χ4n) is 5.43. The molecule has 3 N–H and O–H groups in total. The number of terminal acetylenes is 1. The molecule has 3 aliphatic rings. The second-order valence-electron chi connectivity index (χ2n) is 7.49. The van der Waals surface area contributed by atoms with Crippen molar-refractivity contribution >= 4 is 0 Å². The number of allylic oxidation sites excluding steroid dienone is 2. The molecule has 3 aliphatic carbocycles. The molecule has 0 saturated heterocycles. The number of phenols is 1. The van der Waals surface area contributed by atoms with E-state index in [1.165, 1.54) is 17.6 Å². The van der Waals surface area contributed by atoms with E-state index >= 15 is 0 Å². The van der Waals surface area contributed by atoms with Gasteiger partial charge in [-0.3, -0.25) is 0 Å². The molecule has 2 heteroatoms. The van der Waals surface area contributed by atoms with Crippen molar-refractivity contribution in [2.24, 2.45) is 23.0 Å². The summed E-state index contributed by atoms with van der Waals surface area (Å²) >= 11 is 0. The Labute approximate surface area is 132 Å². The van der Waals surface area contributed by atoms with Crippen molar-refractivity contribution in [2.75, 3.05) is 0 Å². The van der Waals surface area contributed by atoms with Gasteiger partial charge < -0.3 is 10.8 Å². The minimum atomic E-state index is 0.0283. The van der Waals surface area contributed by atoms with Gasteiger partial charge in [0.1, 0.15) is 5.75 Å². The number of fused-ring (bicyclic) bond motifs is 5. The van der Waals surface area contributed by atoms with Crippen molar-refractivity contribution in [2.45, 2.75) is 44.6 Å². The number of nitrogens with two attached hydrogens (primary N) is 1. The van der Waals surface area contributed by atoms with Crippen LogP contribution in [0, 0.1) is 29.6 Å². The third-order valence-electron chi connectivity index (χ3n) is 6.57. The first-order valence-corrected chi connectivity index (χ1v) is 8.30. The maximum Gasteiger partial charge on any atom is 0.115 e. The summed E-state index contributed by atoms with van der Waals surface area (Å²) in [5.74, 6) is 5.05. The minimum absolute atomic E-state index is 0.0283. The van der Waals surface area contributed by atoms with E-state index in [1.54, 1.807) is 0 Å². The van der Waals surface area contributed by atoms with Gasteiger partial charge in [-0.2, -0.15) is 0 Å². The van der Waals surface area contributed by atoms with Crippen molar-refractivity contribution in [3.63, 3.8) is 0 Å². The number of aromatic hydroxyl groups is 1. The molecule has 1 aromatic rings. The van der Waals surface area contributed by atoms with E-state index in [0.29, 0.717) is 23.5 Å². The van der Waals surface area contributed by atoms with Crippen molar-refractivity contribution in [3.05, 3.63) is 41.0 Å². The standard InChI is InChI=1S/C20H23NO/c1-3-12-4-7-18-16-11-19(21)17-10-13(22)5-6-14(17)15(16)8-9-20(12,18)2/h1,4-6,10,15-16,18-19,22H,7-9,11,21H2,2H3/t15?,16?,18?,19-,20?/m1/s1. The van der Waals surface area contributed by atoms with Crippen LogP contribution < -0.4 is 5.73 Å². The summed E-state index contributed by atoms with van der Waals surface area (Å²) in [4.78, 5) is 0. The summed E-state index contributed by atoms with van der Waals surface area (Å²) in [6.07, 6.45) is 12.5. The lowest BCUT2D eigenvalue weighted by Gasteiger charge is -2.50. The maximum absolute atomic E-state index is 9.77. The van der Waals surface area contributed by atoms with Crippen molar-refractivity contribution < 1.29 is 5.11 Å². The van der Waals surface area contributed by atoms with Crippen LogP contribution in [0.2, 0.25) is 0 Å². The highest BCUT2D eigenvalue weighted by Gasteiger charge is 2.52. The normalized spacial score (nSPS) is 39.2. The predicted octanol–water partition coefficient (Wildman–Crippen LogP) is 3.88. The maximum atomic E-state index is 9.77. The van der Waals surface area contributed by atoms with E-state index in [0.717, 1.165) is 24.8 Å². The molecule has 0 aliphatic heterocycles. The Morgan fingerprint density at radius 2 is 2.18 bits per heavy atom. The van der Waals surface area contributed by atoms with Crippen molar-refractivity contribution in [1.82, 2.24) is 0 Å². The predicted molar refractivity (Wildman–Crippen MR) is 88.2 cm³/mol. The minimum Gasteiger partial charge on any atom is -0.508 e. The van der Waals surface area contributed by atoms with E-state index in [-0.39, 0.29) is 11.5 Å². The second-order valence-corrected chi connectivity index (χ2v) is 7.49. The molecule has 1 fully saturated rings. The molecule has 5 atom stereocenters. The summed E-state index contributed by atoms with van der Waals surface area (Å²) in [5, 5.41) is 9.77. The second kappa shape index (κ2) is 4.64. The first-order valence-electron chi connectivity index (χ1n) is 8.30. The van der Waals surface area contributed by atoms with Crippen molar-refractivity contribution in [3.8, 4) is 18.1 Å². The van der Waals surface area contributed by atoms with Gasteiger partial charge in [0.15, 0.2) is 0 Å². The van der Waals surface area contributed by atoms with Gasteiger partial charge in [0.05, 0.1) is 0 Å². The summed E-state index contributed by atoms with van der Waals surface area (Å²) in [5.41, 5.74) is 10.3. The molecule has 2 nitrogen and oxygen atoms in total. The van der Waals surface area contributed by atoms with Gasteiger partial charge in [-0.05, 0) is 66.7 Å². The smallest absolute Gasteiger partial charge is 0.115 e. The molecule has 0 heterocycles. The number of phenolic OH excluding ortho intramolecular Hbond substituents is 1. The molecule has 4 rings (SSSR count). The van der Waals surface area contributed by atoms with Crippen LogP contribution in [0.5, 0.6) is 5.75 Å². The van der Waals surface area contributed by atoms with E-state index < -0.39 is 0 Å². The molecule has 1 aromatic carbocycles. The summed E-state index contributed by atoms with van der Waals surface area (Å²) < 4.78 is 0. The summed E-state index contributed by atoms with van der Waals surface area (Å²) in [6, 6.07) is 5.79. The van der Waals surface area contributed by atoms with Gasteiger partial charge in [0, 0.05) is 17.0 Å². The Morgan fingerprint density at radius 1 is 1.36 bits per heavy atom. The Hall–Kier alpha value is -1.72. The fraction of sp³-hybridized carbons (Fsp3) is 0.500. The summed E-state index contributed by atoms with van der Waals surface area (Å²) in [7, 11) is 0. The van der Waals surface area contributed by atoms with Crippen LogP contribution in [-0.4, -0.2) is 5.11 Å². The highest BCUT2D eigenvalue weighted by atomic mass is 16.3. The molecular weight excluding hydrogens is 270 g/mol. The molecular formula is C20H23NO. The molecule has 0 radical (unpaired) electrons. The zero-order chi connectivity index (χ0) is 15.5. The summed E-state index contributed by atoms with van der Waals surface area (Å²) in [6.45, 7) is 2.35. The molecule has 4 unspecified atom stereocenters. The largest absolute Gasteiger partial charge is 0.508 e. The fourth-order valence-corrected chi connectivity index (χ4v) is 5.43. The number of hydrogen-bond acceptors (Lipinski definition) is 2. The highest BCUT2D eigenvalue weighted by molar-refractivity contribution is 5.44. The zero-order valence-corrected chi connectivity index (χ0v) is 13.0. The van der Waals surface area contributed by atoms with Gasteiger partial charge in [-0.25, -0.2) is 0 Å². The Balaban J connectivity index is 1.75. The van der Waals surface area contributed by atoms with E-state index in [9.17, 15) is 5.11 Å². The van der Waals surface area contributed by atoms with Crippen LogP contribution in [0.4, 0.5) is 0 Å². The van der Waals surface area contributed by atoms with Crippen LogP contribution in [0.15, 0.2) is 29.8 Å². The van der Waals surface area contributed by atoms with Gasteiger partial charge in [0.25, 0.3) is 0 Å². The molecule has 0 spiro atoms. The Morgan fingerprint density at radius 3 is 2.95 bits per heavy atom. The van der Waals surface area contributed by atoms with Crippen LogP contribution in [0.3, 0.4) is 0 Å². The lowest BCUT2D eigenvalue weighted by molar-refractivity contribution is 0.0715. The Bertz CT molecular complexity index is 698. The van der Waals surface area contributed by atoms with Crippen LogP contribution in [0.1, 0.15) is 55.7 Å². The van der Waals surface area contributed by atoms with E-state index in [4.69, 9.17) is 12.2 Å². The average molecular weight is 293 g/mol. The number of benzene rings is 1.